The van der Waals surface area contributed by atoms with E-state index >= 15 is 0 Å². The maximum Gasteiger partial charge on any atom is 0.319 e. The number of nitrogens with one attached hydrogen (secondary N) is 2. The van der Waals surface area contributed by atoms with E-state index in [4.69, 9.17) is 5.73 Å². The number of hydrogen-bond acceptors (Lipinski definition) is 7. The summed E-state index contributed by atoms with van der Waals surface area (Å²) in [4.78, 5) is 36.8. The molecule has 0 unspecified atom stereocenters. The first-order valence-electron chi connectivity index (χ1n) is 9.27. The van der Waals surface area contributed by atoms with Crippen LogP contribution in [0.1, 0.15) is 29.6 Å². The molecule has 4 N–H and O–H groups in total. The van der Waals surface area contributed by atoms with Crippen LogP contribution in [0.5, 0.6) is 0 Å². The molecule has 1 aliphatic rings. The molecule has 11 heteroatoms. The average molecular weight is 418 g/mol. The van der Waals surface area contributed by atoms with Gasteiger partial charge in [-0.25, -0.2) is 4.79 Å². The summed E-state index contributed by atoms with van der Waals surface area (Å²) in [6.07, 6.45) is 3.30. The summed E-state index contributed by atoms with van der Waals surface area (Å²) in [5.74, 6) is -0.739. The Labute approximate surface area is 171 Å². The minimum Gasteiger partial charge on any atom is -0.365 e. The number of nitro benzene ring substituents is 1. The molecule has 3 amide bonds. The van der Waals surface area contributed by atoms with Gasteiger partial charge in [0.05, 0.1) is 10.6 Å². The number of non-ortho nitro benzene ring substituents is 1. The monoisotopic (exact) mass is 418 g/mol. The van der Waals surface area contributed by atoms with Gasteiger partial charge in [0, 0.05) is 24.2 Å². The number of likely N-dealkylation sites (tertiary alicyclic amines) is 1. The molecular weight excluding hydrogens is 396 g/mol. The van der Waals surface area contributed by atoms with E-state index in [1.165, 1.54) is 37.1 Å². The second kappa shape index (κ2) is 9.43. The number of carbonyl (C=O) groups is 2. The highest BCUT2D eigenvalue weighted by Gasteiger charge is 2.22. The Morgan fingerprint density at radius 2 is 1.93 bits per heavy atom. The zero-order valence-corrected chi connectivity index (χ0v) is 16.5. The molecule has 0 spiro atoms. The fourth-order valence-corrected chi connectivity index (χ4v) is 4.01. The number of amides is 3. The van der Waals surface area contributed by atoms with Crippen molar-refractivity contribution in [2.45, 2.75) is 19.3 Å². The third-order valence-electron chi connectivity index (χ3n) is 4.65. The van der Waals surface area contributed by atoms with Crippen LogP contribution in [0.15, 0.2) is 24.3 Å². The number of carbonyl (C=O) groups excluding carboxylic acids is 2. The van der Waals surface area contributed by atoms with E-state index in [0.29, 0.717) is 12.1 Å². The molecule has 0 aliphatic carbocycles. The Morgan fingerprint density at radius 3 is 2.55 bits per heavy atom. The predicted molar refractivity (Wildman–Crippen MR) is 110 cm³/mol. The number of rotatable bonds is 8. The van der Waals surface area contributed by atoms with Crippen LogP contribution in [0.4, 0.5) is 15.5 Å². The van der Waals surface area contributed by atoms with Crippen molar-refractivity contribution >= 4 is 34.2 Å². The lowest BCUT2D eigenvalue weighted by Crippen LogP contribution is -2.32. The zero-order valence-electron chi connectivity index (χ0n) is 15.7. The topological polar surface area (TPSA) is 143 Å². The number of nitrogens with zero attached hydrogens (tertiary/aromatic N) is 3. The third-order valence-corrected chi connectivity index (χ3v) is 5.42. The SMILES string of the molecule is NC(=O)c1c(-c2ccc([N+](=O)[O-])cc2)nsc1NC(=O)NCCCN1CCCC1. The average Bonchev–Trinajstić information content (AvgIpc) is 3.35. The lowest BCUT2D eigenvalue weighted by molar-refractivity contribution is -0.384. The van der Waals surface area contributed by atoms with Crippen molar-refractivity contribution < 1.29 is 14.5 Å². The van der Waals surface area contributed by atoms with Gasteiger partial charge in [0.1, 0.15) is 10.6 Å². The molecule has 1 aromatic carbocycles. The molecule has 0 saturated carbocycles. The molecule has 1 aromatic heterocycles. The summed E-state index contributed by atoms with van der Waals surface area (Å²) in [6, 6.07) is 5.18. The molecule has 0 radical (unpaired) electrons. The van der Waals surface area contributed by atoms with Crippen molar-refractivity contribution in [2.75, 3.05) is 31.5 Å². The Balaban J connectivity index is 1.62. The summed E-state index contributed by atoms with van der Waals surface area (Å²) in [5.41, 5.74) is 6.27. The number of urea groups is 1. The van der Waals surface area contributed by atoms with Crippen molar-refractivity contribution in [2.24, 2.45) is 5.73 Å². The largest absolute Gasteiger partial charge is 0.365 e. The molecule has 154 valence electrons. The van der Waals surface area contributed by atoms with E-state index < -0.39 is 16.9 Å². The molecule has 10 nitrogen and oxygen atoms in total. The molecule has 1 aliphatic heterocycles. The number of primary amides is 1. The Bertz CT molecular complexity index is 892. The van der Waals surface area contributed by atoms with Crippen LogP contribution in [-0.2, 0) is 0 Å². The first-order chi connectivity index (χ1) is 14.0. The minimum atomic E-state index is -0.739. The molecule has 2 aromatic rings. The van der Waals surface area contributed by atoms with Crippen LogP contribution >= 0.6 is 11.5 Å². The molecule has 1 fully saturated rings. The van der Waals surface area contributed by atoms with Crippen molar-refractivity contribution in [3.8, 4) is 11.3 Å². The van der Waals surface area contributed by atoms with Crippen LogP contribution in [0, 0.1) is 10.1 Å². The lowest BCUT2D eigenvalue weighted by atomic mass is 10.1. The van der Waals surface area contributed by atoms with Gasteiger partial charge in [-0.05, 0) is 62.6 Å². The van der Waals surface area contributed by atoms with E-state index in [-0.39, 0.29) is 21.9 Å². The van der Waals surface area contributed by atoms with Gasteiger partial charge in [-0.1, -0.05) is 0 Å². The van der Waals surface area contributed by atoms with Crippen LogP contribution < -0.4 is 16.4 Å². The number of benzene rings is 1. The molecule has 0 bridgehead atoms. The second-order valence-electron chi connectivity index (χ2n) is 6.69. The Morgan fingerprint density at radius 1 is 1.24 bits per heavy atom. The molecule has 29 heavy (non-hydrogen) atoms. The molecule has 1 saturated heterocycles. The van der Waals surface area contributed by atoms with E-state index in [2.05, 4.69) is 19.9 Å². The number of anilines is 1. The van der Waals surface area contributed by atoms with E-state index in [1.807, 2.05) is 0 Å². The maximum absolute atomic E-state index is 12.2. The number of aromatic nitrogens is 1. The summed E-state index contributed by atoms with van der Waals surface area (Å²) in [7, 11) is 0. The van der Waals surface area contributed by atoms with Gasteiger partial charge in [0.2, 0.25) is 0 Å². The molecular formula is C18H22N6O4S. The predicted octanol–water partition coefficient (Wildman–Crippen LogP) is 2.42. The Kier molecular flexibility index (Phi) is 6.73. The summed E-state index contributed by atoms with van der Waals surface area (Å²) in [5, 5.41) is 16.4. The normalized spacial score (nSPS) is 13.9. The van der Waals surface area contributed by atoms with Crippen LogP contribution in [0.25, 0.3) is 11.3 Å². The zero-order chi connectivity index (χ0) is 20.8. The van der Waals surface area contributed by atoms with Gasteiger partial charge < -0.3 is 16.0 Å². The molecule has 0 atom stereocenters. The highest BCUT2D eigenvalue weighted by molar-refractivity contribution is 7.11. The van der Waals surface area contributed by atoms with Crippen molar-refractivity contribution in [3.63, 3.8) is 0 Å². The van der Waals surface area contributed by atoms with Crippen molar-refractivity contribution in [1.82, 2.24) is 14.6 Å². The number of hydrogen-bond donors (Lipinski definition) is 3. The first kappa shape index (κ1) is 20.7. The quantitative estimate of drug-likeness (QED) is 0.341. The Hall–Kier alpha value is -3.05. The maximum atomic E-state index is 12.2. The first-order valence-corrected chi connectivity index (χ1v) is 10.0. The van der Waals surface area contributed by atoms with E-state index in [9.17, 15) is 19.7 Å². The number of nitro groups is 1. The smallest absolute Gasteiger partial charge is 0.319 e. The van der Waals surface area contributed by atoms with Crippen molar-refractivity contribution in [1.29, 1.82) is 0 Å². The highest BCUT2D eigenvalue weighted by Crippen LogP contribution is 2.32. The highest BCUT2D eigenvalue weighted by atomic mass is 32.1. The van der Waals surface area contributed by atoms with Gasteiger partial charge in [-0.3, -0.25) is 20.2 Å². The van der Waals surface area contributed by atoms with Crippen molar-refractivity contribution in [3.05, 3.63) is 39.9 Å². The second-order valence-corrected chi connectivity index (χ2v) is 7.46. The fourth-order valence-electron chi connectivity index (χ4n) is 3.20. The fraction of sp³-hybridized carbons (Fsp3) is 0.389. The summed E-state index contributed by atoms with van der Waals surface area (Å²) >= 11 is 0.933. The lowest BCUT2D eigenvalue weighted by Gasteiger charge is -2.14. The van der Waals surface area contributed by atoms with Crippen LogP contribution in [0.2, 0.25) is 0 Å². The van der Waals surface area contributed by atoms with Crippen LogP contribution in [0.3, 0.4) is 0 Å². The van der Waals surface area contributed by atoms with Gasteiger partial charge in [0.15, 0.2) is 0 Å². The molecule has 2 heterocycles. The summed E-state index contributed by atoms with van der Waals surface area (Å²) < 4.78 is 4.21. The van der Waals surface area contributed by atoms with E-state index in [1.54, 1.807) is 0 Å². The third kappa shape index (κ3) is 5.27. The van der Waals surface area contributed by atoms with Gasteiger partial charge in [-0.2, -0.15) is 4.37 Å². The van der Waals surface area contributed by atoms with Gasteiger partial charge >= 0.3 is 6.03 Å². The van der Waals surface area contributed by atoms with Crippen LogP contribution in [-0.4, -0.2) is 52.3 Å². The minimum absolute atomic E-state index is 0.0729. The van der Waals surface area contributed by atoms with Gasteiger partial charge in [-0.15, -0.1) is 0 Å². The molecule has 3 rings (SSSR count). The van der Waals surface area contributed by atoms with Gasteiger partial charge in [0.25, 0.3) is 11.6 Å². The van der Waals surface area contributed by atoms with E-state index in [0.717, 1.165) is 37.6 Å². The number of nitrogens with two attached hydrogens (primary N) is 1. The standard InChI is InChI=1S/C18H22N6O4S/c19-16(25)14-15(12-4-6-13(7-5-12)24(27)28)22-29-17(14)21-18(26)20-8-3-11-23-9-1-2-10-23/h4-7H,1-3,8-11H2,(H2,19,25)(H2,20,21,26). The summed E-state index contributed by atoms with van der Waals surface area (Å²) in [6.45, 7) is 3.68.